The Bertz CT molecular complexity index is 1510. The van der Waals surface area contributed by atoms with E-state index in [1.165, 1.54) is 18.3 Å². The van der Waals surface area contributed by atoms with Gasteiger partial charge in [-0.25, -0.2) is 18.6 Å². The lowest BCUT2D eigenvalue weighted by molar-refractivity contribution is -0.129. The SMILES string of the molecule is O=C1NC(c2ccc(OCCO)cc2)C(=O)N1[C@@H](Cc1ccccc1F)c1ncc(-c2ccc(I)cc2F)[nH]1. The molecular formula is C28H23F2IN4O4. The van der Waals surface area contributed by atoms with Crippen LogP contribution in [0.4, 0.5) is 13.6 Å². The second-order valence-corrected chi connectivity index (χ2v) is 10.1. The van der Waals surface area contributed by atoms with Gasteiger partial charge in [-0.3, -0.25) is 9.69 Å². The fraction of sp³-hybridized carbons (Fsp3) is 0.179. The van der Waals surface area contributed by atoms with Crippen molar-refractivity contribution in [1.29, 1.82) is 0 Å². The van der Waals surface area contributed by atoms with Crippen molar-refractivity contribution >= 4 is 34.5 Å². The lowest BCUT2D eigenvalue weighted by Gasteiger charge is -2.24. The minimum Gasteiger partial charge on any atom is -0.491 e. The van der Waals surface area contributed by atoms with Crippen LogP contribution in [0.15, 0.2) is 72.9 Å². The fourth-order valence-corrected chi connectivity index (χ4v) is 4.92. The molecule has 2 heterocycles. The smallest absolute Gasteiger partial charge is 0.325 e. The van der Waals surface area contributed by atoms with Crippen LogP contribution in [0.25, 0.3) is 11.3 Å². The Labute approximate surface area is 236 Å². The summed E-state index contributed by atoms with van der Waals surface area (Å²) in [5, 5.41) is 11.6. The maximum Gasteiger partial charge on any atom is 0.325 e. The number of benzene rings is 3. The van der Waals surface area contributed by atoms with Gasteiger partial charge in [-0.2, -0.15) is 0 Å². The number of amides is 3. The Morgan fingerprint density at radius 3 is 2.54 bits per heavy atom. The molecule has 0 radical (unpaired) electrons. The van der Waals surface area contributed by atoms with Crippen molar-refractivity contribution < 1.29 is 28.2 Å². The Balaban J connectivity index is 1.48. The first-order chi connectivity index (χ1) is 18.9. The summed E-state index contributed by atoms with van der Waals surface area (Å²) in [6.07, 6.45) is 1.38. The molecule has 4 aromatic rings. The summed E-state index contributed by atoms with van der Waals surface area (Å²) in [5.74, 6) is -0.763. The molecule has 2 atom stereocenters. The van der Waals surface area contributed by atoms with Gasteiger partial charge in [0.1, 0.15) is 41.9 Å². The Kier molecular flexibility index (Phi) is 7.89. The number of carbonyl (C=O) groups is 2. The van der Waals surface area contributed by atoms with Crippen LogP contribution in [0.5, 0.6) is 5.75 Å². The minimum absolute atomic E-state index is 0.0470. The average Bonchev–Trinajstić information content (AvgIpc) is 3.52. The van der Waals surface area contributed by atoms with E-state index < -0.39 is 35.7 Å². The van der Waals surface area contributed by atoms with Crippen molar-refractivity contribution in [1.82, 2.24) is 20.2 Å². The summed E-state index contributed by atoms with van der Waals surface area (Å²) in [4.78, 5) is 35.2. The van der Waals surface area contributed by atoms with Gasteiger partial charge in [0, 0.05) is 15.6 Å². The summed E-state index contributed by atoms with van der Waals surface area (Å²) in [6.45, 7) is -0.0107. The van der Waals surface area contributed by atoms with E-state index in [0.717, 1.165) is 8.47 Å². The number of H-pyrrole nitrogens is 1. The first kappa shape index (κ1) is 26.8. The van der Waals surface area contributed by atoms with Gasteiger partial charge >= 0.3 is 6.03 Å². The number of nitrogens with one attached hydrogen (secondary N) is 2. The Morgan fingerprint density at radius 2 is 1.82 bits per heavy atom. The summed E-state index contributed by atoms with van der Waals surface area (Å²) in [5.41, 5.74) is 1.45. The van der Waals surface area contributed by atoms with Gasteiger partial charge in [0.05, 0.1) is 18.5 Å². The number of carbonyl (C=O) groups excluding carboxylic acids is 2. The van der Waals surface area contributed by atoms with Crippen molar-refractivity contribution in [3.8, 4) is 17.0 Å². The number of aromatic amines is 1. The molecule has 1 aromatic heterocycles. The number of aromatic nitrogens is 2. The van der Waals surface area contributed by atoms with Gasteiger partial charge in [-0.05, 0) is 70.1 Å². The number of aliphatic hydroxyl groups is 1. The summed E-state index contributed by atoms with van der Waals surface area (Å²) < 4.78 is 35.4. The van der Waals surface area contributed by atoms with Crippen LogP contribution in [0.2, 0.25) is 0 Å². The molecule has 1 saturated heterocycles. The van der Waals surface area contributed by atoms with Crippen LogP contribution < -0.4 is 10.1 Å². The fourth-order valence-electron chi connectivity index (χ4n) is 4.47. The van der Waals surface area contributed by atoms with Crippen molar-refractivity contribution in [3.63, 3.8) is 0 Å². The topological polar surface area (TPSA) is 108 Å². The Morgan fingerprint density at radius 1 is 1.05 bits per heavy atom. The normalized spacial score (nSPS) is 15.9. The maximum atomic E-state index is 14.7. The third kappa shape index (κ3) is 5.64. The number of imide groups is 1. The van der Waals surface area contributed by atoms with Crippen LogP contribution in [-0.4, -0.2) is 45.1 Å². The number of urea groups is 1. The van der Waals surface area contributed by atoms with E-state index in [-0.39, 0.29) is 36.6 Å². The predicted molar refractivity (Wildman–Crippen MR) is 147 cm³/mol. The van der Waals surface area contributed by atoms with E-state index >= 15 is 0 Å². The second kappa shape index (κ2) is 11.5. The summed E-state index contributed by atoms with van der Waals surface area (Å²) in [7, 11) is 0. The molecule has 1 unspecified atom stereocenters. The van der Waals surface area contributed by atoms with Gasteiger partial charge in [-0.1, -0.05) is 30.3 Å². The van der Waals surface area contributed by atoms with Crippen LogP contribution in [0.3, 0.4) is 0 Å². The van der Waals surface area contributed by atoms with E-state index in [2.05, 4.69) is 15.3 Å². The first-order valence-electron chi connectivity index (χ1n) is 12.1. The van der Waals surface area contributed by atoms with Gasteiger partial charge < -0.3 is 20.1 Å². The minimum atomic E-state index is -0.993. The number of halogens is 3. The quantitative estimate of drug-likeness (QED) is 0.178. The van der Waals surface area contributed by atoms with E-state index in [1.54, 1.807) is 54.6 Å². The molecule has 11 heteroatoms. The molecule has 0 saturated carbocycles. The monoisotopic (exact) mass is 644 g/mol. The zero-order valence-corrected chi connectivity index (χ0v) is 22.6. The molecule has 3 N–H and O–H groups in total. The summed E-state index contributed by atoms with van der Waals surface area (Å²) in [6, 6.07) is 14.8. The zero-order chi connectivity index (χ0) is 27.5. The van der Waals surface area contributed by atoms with E-state index in [1.807, 2.05) is 22.6 Å². The van der Waals surface area contributed by atoms with Crippen LogP contribution >= 0.6 is 22.6 Å². The highest BCUT2D eigenvalue weighted by Gasteiger charge is 2.44. The van der Waals surface area contributed by atoms with Crippen LogP contribution in [-0.2, 0) is 11.2 Å². The van der Waals surface area contributed by atoms with Crippen LogP contribution in [0, 0.1) is 15.2 Å². The third-order valence-corrected chi connectivity index (χ3v) is 7.03. The highest BCUT2D eigenvalue weighted by molar-refractivity contribution is 14.1. The zero-order valence-electron chi connectivity index (χ0n) is 20.4. The number of aliphatic hydroxyl groups excluding tert-OH is 1. The molecule has 1 fully saturated rings. The third-order valence-electron chi connectivity index (χ3n) is 6.36. The molecular weight excluding hydrogens is 621 g/mol. The molecule has 0 aliphatic carbocycles. The van der Waals surface area contributed by atoms with Gasteiger partial charge in [0.25, 0.3) is 5.91 Å². The van der Waals surface area contributed by atoms with Gasteiger partial charge in [-0.15, -0.1) is 0 Å². The number of rotatable bonds is 9. The summed E-state index contributed by atoms with van der Waals surface area (Å²) >= 11 is 2.01. The largest absolute Gasteiger partial charge is 0.491 e. The molecule has 200 valence electrons. The molecule has 5 rings (SSSR count). The lowest BCUT2D eigenvalue weighted by Crippen LogP contribution is -2.37. The average molecular weight is 644 g/mol. The van der Waals surface area contributed by atoms with E-state index in [0.29, 0.717) is 17.0 Å². The Hall–Kier alpha value is -3.84. The van der Waals surface area contributed by atoms with E-state index in [9.17, 15) is 18.4 Å². The second-order valence-electron chi connectivity index (χ2n) is 8.85. The van der Waals surface area contributed by atoms with Crippen molar-refractivity contribution in [2.45, 2.75) is 18.5 Å². The first-order valence-corrected chi connectivity index (χ1v) is 13.1. The highest BCUT2D eigenvalue weighted by Crippen LogP contribution is 2.34. The lowest BCUT2D eigenvalue weighted by atomic mass is 10.0. The van der Waals surface area contributed by atoms with Gasteiger partial charge in [0.2, 0.25) is 0 Å². The number of imidazole rings is 1. The number of nitrogens with zero attached hydrogens (tertiary/aromatic N) is 2. The van der Waals surface area contributed by atoms with E-state index in [4.69, 9.17) is 9.84 Å². The van der Waals surface area contributed by atoms with Crippen molar-refractivity contribution in [2.75, 3.05) is 13.2 Å². The molecule has 1 aliphatic heterocycles. The molecule has 3 amide bonds. The van der Waals surface area contributed by atoms with Gasteiger partial charge in [0.15, 0.2) is 0 Å². The maximum absolute atomic E-state index is 14.7. The van der Waals surface area contributed by atoms with Crippen molar-refractivity contribution in [2.24, 2.45) is 0 Å². The molecule has 3 aromatic carbocycles. The highest BCUT2D eigenvalue weighted by atomic mass is 127. The number of hydrogen-bond donors (Lipinski definition) is 3. The number of hydrogen-bond acceptors (Lipinski definition) is 5. The van der Waals surface area contributed by atoms with Crippen molar-refractivity contribution in [3.05, 3.63) is 105 Å². The molecule has 8 nitrogen and oxygen atoms in total. The molecule has 39 heavy (non-hydrogen) atoms. The number of ether oxygens (including phenoxy) is 1. The molecule has 0 spiro atoms. The standard InChI is InChI=1S/C28H23F2IN4O4/c29-21-4-2-1-3-17(21)13-24(26-32-15-23(33-26)20-10-7-18(31)14-22(20)30)35-27(37)25(34-28(35)38)16-5-8-19(9-6-16)39-12-11-36/h1-10,14-15,24-25,36H,11-13H2,(H,32,33)(H,34,38)/t24-,25?/m0/s1. The van der Waals surface area contributed by atoms with Crippen LogP contribution in [0.1, 0.15) is 29.0 Å². The predicted octanol–water partition coefficient (Wildman–Crippen LogP) is 4.91. The molecule has 0 bridgehead atoms. The molecule has 1 aliphatic rings.